The van der Waals surface area contributed by atoms with Gasteiger partial charge in [-0.2, -0.15) is 0 Å². The van der Waals surface area contributed by atoms with Crippen LogP contribution in [0.15, 0.2) is 22.7 Å². The van der Waals surface area contributed by atoms with E-state index >= 15 is 0 Å². The number of cyclic esters (lactones) is 1. The number of hydrogen-bond acceptors (Lipinski definition) is 4. The maximum atomic E-state index is 12.0. The fourth-order valence-corrected chi connectivity index (χ4v) is 2.26. The van der Waals surface area contributed by atoms with Crippen molar-refractivity contribution >= 4 is 27.7 Å². The third-order valence-corrected chi connectivity index (χ3v) is 3.23. The summed E-state index contributed by atoms with van der Waals surface area (Å²) < 4.78 is 10.7. The van der Waals surface area contributed by atoms with Crippen molar-refractivity contribution in [3.05, 3.63) is 28.2 Å². The Bertz CT molecular complexity index is 470. The number of ether oxygens (including phenoxy) is 2. The number of Topliss-reactive ketones (excluding diaryl/α,β-unsaturated/α-hetero) is 1. The number of halogens is 1. The van der Waals surface area contributed by atoms with Gasteiger partial charge in [0, 0.05) is 18.4 Å². The summed E-state index contributed by atoms with van der Waals surface area (Å²) in [6, 6.07) is 5.04. The van der Waals surface area contributed by atoms with Gasteiger partial charge < -0.3 is 9.47 Å². The van der Waals surface area contributed by atoms with Crippen molar-refractivity contribution < 1.29 is 19.1 Å². The first-order chi connectivity index (χ1) is 8.11. The first kappa shape index (κ1) is 12.1. The Morgan fingerprint density at radius 1 is 1.53 bits per heavy atom. The number of methoxy groups -OCH3 is 1. The Hall–Kier alpha value is -1.36. The van der Waals surface area contributed by atoms with E-state index < -0.39 is 6.10 Å². The SMILES string of the molecule is COc1ccc(C(=O)C2CCC(=O)O2)cc1Br. The highest BCUT2D eigenvalue weighted by Crippen LogP contribution is 2.27. The van der Waals surface area contributed by atoms with Crippen molar-refractivity contribution in [1.29, 1.82) is 0 Å². The molecule has 0 amide bonds. The monoisotopic (exact) mass is 298 g/mol. The van der Waals surface area contributed by atoms with Gasteiger partial charge in [-0.25, -0.2) is 0 Å². The summed E-state index contributed by atoms with van der Waals surface area (Å²) in [5.41, 5.74) is 0.511. The van der Waals surface area contributed by atoms with Crippen molar-refractivity contribution in [3.63, 3.8) is 0 Å². The molecule has 5 heteroatoms. The van der Waals surface area contributed by atoms with Crippen LogP contribution in [-0.4, -0.2) is 25.0 Å². The van der Waals surface area contributed by atoms with Gasteiger partial charge in [-0.1, -0.05) is 0 Å². The van der Waals surface area contributed by atoms with Crippen molar-refractivity contribution in [3.8, 4) is 5.75 Å². The Labute approximate surface area is 107 Å². The number of benzene rings is 1. The zero-order valence-corrected chi connectivity index (χ0v) is 10.8. The number of carbonyl (C=O) groups excluding carboxylic acids is 2. The fourth-order valence-electron chi connectivity index (χ4n) is 1.72. The number of esters is 1. The van der Waals surface area contributed by atoms with Crippen molar-refractivity contribution in [2.24, 2.45) is 0 Å². The maximum absolute atomic E-state index is 12.0. The molecule has 0 aromatic heterocycles. The lowest BCUT2D eigenvalue weighted by molar-refractivity contribution is -0.140. The van der Waals surface area contributed by atoms with Crippen LogP contribution in [0.4, 0.5) is 0 Å². The number of ketones is 1. The fraction of sp³-hybridized carbons (Fsp3) is 0.333. The zero-order chi connectivity index (χ0) is 12.4. The van der Waals surface area contributed by atoms with E-state index in [0.29, 0.717) is 28.6 Å². The molecule has 1 unspecified atom stereocenters. The lowest BCUT2D eigenvalue weighted by Gasteiger charge is -2.09. The predicted molar refractivity (Wildman–Crippen MR) is 64.1 cm³/mol. The molecule has 0 spiro atoms. The van der Waals surface area contributed by atoms with E-state index in [0.717, 1.165) is 0 Å². The minimum atomic E-state index is -0.636. The molecule has 1 saturated heterocycles. The Morgan fingerprint density at radius 2 is 2.29 bits per heavy atom. The van der Waals surface area contributed by atoms with Crippen LogP contribution in [0.5, 0.6) is 5.75 Å². The van der Waals surface area contributed by atoms with Crippen LogP contribution in [0, 0.1) is 0 Å². The summed E-state index contributed by atoms with van der Waals surface area (Å²) >= 11 is 3.31. The third-order valence-electron chi connectivity index (χ3n) is 2.61. The molecule has 1 atom stereocenters. The van der Waals surface area contributed by atoms with Gasteiger partial charge in [0.25, 0.3) is 0 Å². The molecular formula is C12H11BrO4. The van der Waals surface area contributed by atoms with E-state index in [1.807, 2.05) is 0 Å². The highest BCUT2D eigenvalue weighted by atomic mass is 79.9. The van der Waals surface area contributed by atoms with Gasteiger partial charge in [0.05, 0.1) is 11.6 Å². The zero-order valence-electron chi connectivity index (χ0n) is 9.23. The van der Waals surface area contributed by atoms with Gasteiger partial charge in [0.1, 0.15) is 5.75 Å². The molecule has 17 heavy (non-hydrogen) atoms. The number of carbonyl (C=O) groups is 2. The number of rotatable bonds is 3. The van der Waals surface area contributed by atoms with Crippen molar-refractivity contribution in [1.82, 2.24) is 0 Å². The quantitative estimate of drug-likeness (QED) is 0.635. The predicted octanol–water partition coefficient (Wildman–Crippen LogP) is 2.35. The van der Waals surface area contributed by atoms with Crippen LogP contribution in [-0.2, 0) is 9.53 Å². The van der Waals surface area contributed by atoms with Gasteiger partial charge in [-0.15, -0.1) is 0 Å². The minimum absolute atomic E-state index is 0.167. The molecule has 1 aliphatic rings. The highest BCUT2D eigenvalue weighted by Gasteiger charge is 2.30. The van der Waals surface area contributed by atoms with E-state index in [-0.39, 0.29) is 11.8 Å². The van der Waals surface area contributed by atoms with Crippen LogP contribution in [0.1, 0.15) is 23.2 Å². The second-order valence-electron chi connectivity index (χ2n) is 3.73. The van der Waals surface area contributed by atoms with E-state index in [2.05, 4.69) is 15.9 Å². The summed E-state index contributed by atoms with van der Waals surface area (Å²) in [6.07, 6.45) is 0.137. The minimum Gasteiger partial charge on any atom is -0.496 e. The average Bonchev–Trinajstić information content (AvgIpc) is 2.75. The van der Waals surface area contributed by atoms with Crippen LogP contribution < -0.4 is 4.74 Å². The summed E-state index contributed by atoms with van der Waals surface area (Å²) in [7, 11) is 1.56. The second kappa shape index (κ2) is 4.87. The normalized spacial score (nSPS) is 18.9. The van der Waals surface area contributed by atoms with Crippen LogP contribution in [0.2, 0.25) is 0 Å². The van der Waals surface area contributed by atoms with E-state index in [4.69, 9.17) is 9.47 Å². The first-order valence-electron chi connectivity index (χ1n) is 5.19. The van der Waals surface area contributed by atoms with Crippen molar-refractivity contribution in [2.75, 3.05) is 7.11 Å². The van der Waals surface area contributed by atoms with E-state index in [1.54, 1.807) is 25.3 Å². The lowest BCUT2D eigenvalue weighted by atomic mass is 10.0. The molecule has 1 aliphatic heterocycles. The third kappa shape index (κ3) is 2.49. The van der Waals surface area contributed by atoms with Gasteiger partial charge in [0.15, 0.2) is 6.10 Å². The standard InChI is InChI=1S/C12H11BrO4/c1-16-9-3-2-7(6-8(9)13)12(15)10-4-5-11(14)17-10/h2-3,6,10H,4-5H2,1H3. The lowest BCUT2D eigenvalue weighted by Crippen LogP contribution is -2.20. The molecule has 1 heterocycles. The molecule has 0 radical (unpaired) electrons. The molecule has 0 saturated carbocycles. The highest BCUT2D eigenvalue weighted by molar-refractivity contribution is 9.10. The van der Waals surface area contributed by atoms with Crippen LogP contribution >= 0.6 is 15.9 Å². The molecule has 2 rings (SSSR count). The molecule has 90 valence electrons. The average molecular weight is 299 g/mol. The molecular weight excluding hydrogens is 288 g/mol. The molecule has 1 aromatic rings. The molecule has 1 aromatic carbocycles. The summed E-state index contributed by atoms with van der Waals surface area (Å²) in [5, 5.41) is 0. The Balaban J connectivity index is 2.20. The van der Waals surface area contributed by atoms with Gasteiger partial charge >= 0.3 is 5.97 Å². The largest absolute Gasteiger partial charge is 0.496 e. The smallest absolute Gasteiger partial charge is 0.306 e. The second-order valence-corrected chi connectivity index (χ2v) is 4.59. The van der Waals surface area contributed by atoms with Gasteiger partial charge in [-0.05, 0) is 34.1 Å². The van der Waals surface area contributed by atoms with Gasteiger partial charge in [0.2, 0.25) is 5.78 Å². The molecule has 0 N–H and O–H groups in total. The maximum Gasteiger partial charge on any atom is 0.306 e. The molecule has 1 fully saturated rings. The summed E-state index contributed by atoms with van der Waals surface area (Å²) in [4.78, 5) is 23.0. The van der Waals surface area contributed by atoms with Gasteiger partial charge in [-0.3, -0.25) is 9.59 Å². The first-order valence-corrected chi connectivity index (χ1v) is 5.98. The molecule has 0 aliphatic carbocycles. The topological polar surface area (TPSA) is 52.6 Å². The van der Waals surface area contributed by atoms with Crippen molar-refractivity contribution in [2.45, 2.75) is 18.9 Å². The summed E-state index contributed by atoms with van der Waals surface area (Å²) in [5.74, 6) is 0.181. The molecule has 0 bridgehead atoms. The van der Waals surface area contributed by atoms with E-state index in [1.165, 1.54) is 0 Å². The van der Waals surface area contributed by atoms with E-state index in [9.17, 15) is 9.59 Å². The number of hydrogen-bond donors (Lipinski definition) is 0. The summed E-state index contributed by atoms with van der Waals surface area (Å²) in [6.45, 7) is 0. The Kier molecular flexibility index (Phi) is 3.47. The Morgan fingerprint density at radius 3 is 2.82 bits per heavy atom. The van der Waals surface area contributed by atoms with Crippen LogP contribution in [0.25, 0.3) is 0 Å². The molecule has 4 nitrogen and oxygen atoms in total. The van der Waals surface area contributed by atoms with Crippen LogP contribution in [0.3, 0.4) is 0 Å².